The molecule has 1 unspecified atom stereocenters. The van der Waals surface area contributed by atoms with Gasteiger partial charge in [0.05, 0.1) is 17.4 Å². The Morgan fingerprint density at radius 1 is 1.15 bits per heavy atom. The Balaban J connectivity index is 1.82. The molecule has 8 heteroatoms. The van der Waals surface area contributed by atoms with E-state index in [0.717, 1.165) is 51.6 Å². The topological polar surface area (TPSA) is 105 Å². The minimum Gasteiger partial charge on any atom is -0.478 e. The molecule has 0 aromatic heterocycles. The summed E-state index contributed by atoms with van der Waals surface area (Å²) < 4.78 is 34.1. The average molecular weight is 382 g/mol. The second kappa shape index (κ2) is 8.37. The molecule has 3 N–H and O–H groups in total. The summed E-state index contributed by atoms with van der Waals surface area (Å²) in [6.45, 7) is 1.22. The van der Waals surface area contributed by atoms with E-state index in [4.69, 9.17) is 4.74 Å². The lowest BCUT2D eigenvalue weighted by atomic mass is 9.96. The van der Waals surface area contributed by atoms with E-state index in [0.29, 0.717) is 12.2 Å². The summed E-state index contributed by atoms with van der Waals surface area (Å²) in [5, 5.41) is 12.4. The summed E-state index contributed by atoms with van der Waals surface area (Å²) in [5.41, 5.74) is 0.366. The predicted molar refractivity (Wildman–Crippen MR) is 98.1 cm³/mol. The van der Waals surface area contributed by atoms with Gasteiger partial charge in [-0.15, -0.1) is 0 Å². The Bertz CT molecular complexity index is 738. The highest BCUT2D eigenvalue weighted by molar-refractivity contribution is 7.89. The minimum absolute atomic E-state index is 0.0130. The van der Waals surface area contributed by atoms with E-state index in [-0.39, 0.29) is 22.6 Å². The van der Waals surface area contributed by atoms with Crippen LogP contribution in [0.1, 0.15) is 55.3 Å². The van der Waals surface area contributed by atoms with Gasteiger partial charge in [-0.2, -0.15) is 0 Å². The number of rotatable bonds is 7. The third kappa shape index (κ3) is 4.75. The lowest BCUT2D eigenvalue weighted by Gasteiger charge is -2.23. The third-order valence-electron chi connectivity index (χ3n) is 4.99. The first-order valence-electron chi connectivity index (χ1n) is 9.21. The second-order valence-electron chi connectivity index (χ2n) is 6.99. The molecular formula is C18H26N2O5S. The third-order valence-corrected chi connectivity index (χ3v) is 6.55. The van der Waals surface area contributed by atoms with Gasteiger partial charge in [0, 0.05) is 19.2 Å². The Kier molecular flexibility index (Phi) is 6.16. The van der Waals surface area contributed by atoms with Crippen LogP contribution in [0, 0.1) is 0 Å². The van der Waals surface area contributed by atoms with Gasteiger partial charge in [-0.1, -0.05) is 19.3 Å². The molecule has 1 aromatic carbocycles. The maximum atomic E-state index is 12.9. The number of hydrogen-bond acceptors (Lipinski definition) is 5. The fourth-order valence-electron chi connectivity index (χ4n) is 3.56. The van der Waals surface area contributed by atoms with E-state index in [1.807, 2.05) is 0 Å². The number of nitrogens with one attached hydrogen (secondary N) is 2. The Hall–Kier alpha value is -1.64. The van der Waals surface area contributed by atoms with Gasteiger partial charge in [0.2, 0.25) is 10.0 Å². The van der Waals surface area contributed by atoms with Crippen molar-refractivity contribution in [2.45, 2.75) is 62.0 Å². The van der Waals surface area contributed by atoms with Crippen molar-refractivity contribution in [1.82, 2.24) is 4.72 Å². The number of carboxylic acid groups (broad SMARTS) is 1. The van der Waals surface area contributed by atoms with E-state index in [1.54, 1.807) is 0 Å². The smallest absolute Gasteiger partial charge is 0.335 e. The van der Waals surface area contributed by atoms with E-state index in [9.17, 15) is 18.3 Å². The van der Waals surface area contributed by atoms with Gasteiger partial charge in [0.1, 0.15) is 4.90 Å². The van der Waals surface area contributed by atoms with Gasteiger partial charge in [-0.25, -0.2) is 17.9 Å². The molecule has 1 saturated heterocycles. The van der Waals surface area contributed by atoms with Crippen molar-refractivity contribution in [1.29, 1.82) is 0 Å². The molecule has 1 saturated carbocycles. The Labute approximate surface area is 154 Å². The zero-order chi connectivity index (χ0) is 18.6. The molecule has 1 heterocycles. The molecule has 1 aliphatic heterocycles. The first-order valence-corrected chi connectivity index (χ1v) is 10.7. The maximum Gasteiger partial charge on any atom is 0.335 e. The lowest BCUT2D eigenvalue weighted by Crippen LogP contribution is -2.36. The molecule has 2 fully saturated rings. The van der Waals surface area contributed by atoms with E-state index in [2.05, 4.69) is 10.0 Å². The highest BCUT2D eigenvalue weighted by Gasteiger charge is 2.26. The van der Waals surface area contributed by atoms with Crippen LogP contribution in [0.5, 0.6) is 0 Å². The first kappa shape index (κ1) is 19.1. The van der Waals surface area contributed by atoms with Gasteiger partial charge in [0.25, 0.3) is 0 Å². The standard InChI is InChI=1S/C18H26N2O5S/c21-18(22)13-8-9-16(19-12-15-7-4-10-25-15)17(11-13)26(23,24)20-14-5-2-1-3-6-14/h8-9,11,14-15,19-20H,1-7,10,12H2,(H,21,22). The Morgan fingerprint density at radius 2 is 1.92 bits per heavy atom. The minimum atomic E-state index is -3.81. The normalized spacial score (nSPS) is 21.6. The molecule has 26 heavy (non-hydrogen) atoms. The van der Waals surface area contributed by atoms with Gasteiger partial charge < -0.3 is 15.2 Å². The van der Waals surface area contributed by atoms with Crippen LogP contribution < -0.4 is 10.0 Å². The first-order chi connectivity index (χ1) is 12.5. The van der Waals surface area contributed by atoms with Crippen LogP contribution in [0.15, 0.2) is 23.1 Å². The van der Waals surface area contributed by atoms with Crippen molar-refractivity contribution < 1.29 is 23.1 Å². The molecule has 0 spiro atoms. The highest BCUT2D eigenvalue weighted by atomic mass is 32.2. The van der Waals surface area contributed by atoms with Gasteiger partial charge in [0.15, 0.2) is 0 Å². The van der Waals surface area contributed by atoms with Crippen LogP contribution in [0.25, 0.3) is 0 Å². The molecule has 3 rings (SSSR count). The van der Waals surface area contributed by atoms with Crippen molar-refractivity contribution in [3.63, 3.8) is 0 Å². The quantitative estimate of drug-likeness (QED) is 0.669. The zero-order valence-electron chi connectivity index (χ0n) is 14.7. The highest BCUT2D eigenvalue weighted by Crippen LogP contribution is 2.26. The number of carboxylic acids is 1. The van der Waals surface area contributed by atoms with Crippen molar-refractivity contribution in [2.75, 3.05) is 18.5 Å². The molecular weight excluding hydrogens is 356 g/mol. The SMILES string of the molecule is O=C(O)c1ccc(NCC2CCCO2)c(S(=O)(=O)NC2CCCCC2)c1. The molecule has 144 valence electrons. The number of ether oxygens (including phenoxy) is 1. The summed E-state index contributed by atoms with van der Waals surface area (Å²) in [6, 6.07) is 4.08. The molecule has 2 aliphatic rings. The summed E-state index contributed by atoms with van der Waals surface area (Å²) in [6.07, 6.45) is 6.75. The second-order valence-corrected chi connectivity index (χ2v) is 8.67. The fraction of sp³-hybridized carbons (Fsp3) is 0.611. The summed E-state index contributed by atoms with van der Waals surface area (Å²) in [5.74, 6) is -1.15. The van der Waals surface area contributed by atoms with Crippen LogP contribution >= 0.6 is 0 Å². The molecule has 0 bridgehead atoms. The molecule has 0 amide bonds. The van der Waals surface area contributed by atoms with Crippen LogP contribution in [0.4, 0.5) is 5.69 Å². The Morgan fingerprint density at radius 3 is 2.58 bits per heavy atom. The van der Waals surface area contributed by atoms with Crippen LogP contribution in [-0.2, 0) is 14.8 Å². The van der Waals surface area contributed by atoms with Gasteiger partial charge in [-0.3, -0.25) is 0 Å². The predicted octanol–water partition coefficient (Wildman–Crippen LogP) is 2.59. The molecule has 7 nitrogen and oxygen atoms in total. The maximum absolute atomic E-state index is 12.9. The zero-order valence-corrected chi connectivity index (χ0v) is 15.6. The van der Waals surface area contributed by atoms with Gasteiger partial charge in [-0.05, 0) is 43.9 Å². The molecule has 1 aliphatic carbocycles. The van der Waals surface area contributed by atoms with E-state index in [1.165, 1.54) is 18.2 Å². The van der Waals surface area contributed by atoms with Crippen molar-refractivity contribution in [3.05, 3.63) is 23.8 Å². The van der Waals surface area contributed by atoms with Crippen molar-refractivity contribution >= 4 is 21.7 Å². The number of carbonyl (C=O) groups is 1. The number of sulfonamides is 1. The fourth-order valence-corrected chi connectivity index (χ4v) is 5.07. The number of hydrogen-bond donors (Lipinski definition) is 3. The van der Waals surface area contributed by atoms with Crippen LogP contribution in [0.3, 0.4) is 0 Å². The van der Waals surface area contributed by atoms with Crippen molar-refractivity contribution in [2.24, 2.45) is 0 Å². The number of benzene rings is 1. The van der Waals surface area contributed by atoms with Crippen molar-refractivity contribution in [3.8, 4) is 0 Å². The number of aromatic carboxylic acids is 1. The van der Waals surface area contributed by atoms with Crippen LogP contribution in [0.2, 0.25) is 0 Å². The van der Waals surface area contributed by atoms with Crippen LogP contribution in [-0.4, -0.2) is 44.8 Å². The molecule has 1 aromatic rings. The summed E-state index contributed by atoms with van der Waals surface area (Å²) in [7, 11) is -3.81. The van der Waals surface area contributed by atoms with E-state index >= 15 is 0 Å². The monoisotopic (exact) mass is 382 g/mol. The summed E-state index contributed by atoms with van der Waals surface area (Å²) >= 11 is 0. The van der Waals surface area contributed by atoms with E-state index < -0.39 is 16.0 Å². The van der Waals surface area contributed by atoms with Gasteiger partial charge >= 0.3 is 5.97 Å². The summed E-state index contributed by atoms with van der Waals surface area (Å²) in [4.78, 5) is 11.3. The lowest BCUT2D eigenvalue weighted by molar-refractivity contribution is 0.0696. The number of anilines is 1. The molecule has 1 atom stereocenters. The average Bonchev–Trinajstić information content (AvgIpc) is 3.13. The largest absolute Gasteiger partial charge is 0.478 e. The molecule has 0 radical (unpaired) electrons.